The SMILES string of the molecule is Cc1cc(C)c2c(c1)c(-c1ccccc1)c(-c1ccccc1)n2CC(O)CNc1cccc2ccccc12. The molecule has 6 rings (SSSR count). The molecule has 0 aliphatic carbocycles. The molecule has 188 valence electrons. The molecule has 38 heavy (non-hydrogen) atoms. The summed E-state index contributed by atoms with van der Waals surface area (Å²) in [5.74, 6) is 0. The number of fused-ring (bicyclic) bond motifs is 2. The molecule has 2 N–H and O–H groups in total. The highest BCUT2D eigenvalue weighted by molar-refractivity contribution is 6.06. The van der Waals surface area contributed by atoms with E-state index >= 15 is 0 Å². The van der Waals surface area contributed by atoms with Gasteiger partial charge in [-0.05, 0) is 48.1 Å². The molecule has 3 nitrogen and oxygen atoms in total. The van der Waals surface area contributed by atoms with E-state index in [4.69, 9.17) is 0 Å². The zero-order valence-electron chi connectivity index (χ0n) is 21.9. The number of hydrogen-bond acceptors (Lipinski definition) is 2. The monoisotopic (exact) mass is 496 g/mol. The second-order valence-electron chi connectivity index (χ2n) is 10.1. The van der Waals surface area contributed by atoms with Crippen molar-refractivity contribution in [2.75, 3.05) is 11.9 Å². The van der Waals surface area contributed by atoms with E-state index in [1.807, 2.05) is 0 Å². The Morgan fingerprint density at radius 1 is 0.711 bits per heavy atom. The van der Waals surface area contributed by atoms with Crippen LogP contribution in [0.5, 0.6) is 0 Å². The Morgan fingerprint density at radius 3 is 2.13 bits per heavy atom. The Balaban J connectivity index is 1.45. The minimum atomic E-state index is -0.587. The van der Waals surface area contributed by atoms with Crippen molar-refractivity contribution in [3.8, 4) is 22.4 Å². The predicted octanol–water partition coefficient (Wildman–Crippen LogP) is 8.22. The predicted molar refractivity (Wildman–Crippen MR) is 161 cm³/mol. The fourth-order valence-corrected chi connectivity index (χ4v) is 5.74. The number of hydrogen-bond donors (Lipinski definition) is 2. The number of aromatic nitrogens is 1. The highest BCUT2D eigenvalue weighted by Gasteiger charge is 2.23. The van der Waals surface area contributed by atoms with Crippen LogP contribution in [0.3, 0.4) is 0 Å². The second-order valence-corrected chi connectivity index (χ2v) is 10.1. The molecule has 0 saturated carbocycles. The van der Waals surface area contributed by atoms with E-state index in [-0.39, 0.29) is 0 Å². The van der Waals surface area contributed by atoms with Crippen LogP contribution in [0.25, 0.3) is 44.1 Å². The molecule has 1 aromatic heterocycles. The van der Waals surface area contributed by atoms with Gasteiger partial charge >= 0.3 is 0 Å². The van der Waals surface area contributed by atoms with Crippen molar-refractivity contribution in [2.45, 2.75) is 26.5 Å². The largest absolute Gasteiger partial charge is 0.389 e. The van der Waals surface area contributed by atoms with Crippen LogP contribution in [-0.2, 0) is 6.54 Å². The molecular formula is C35H32N2O. The standard InChI is InChI=1S/C35H32N2O/c1-24-20-25(2)34-31(21-24)33(27-13-5-3-6-14-27)35(28-15-7-4-8-16-28)37(34)23-29(38)22-36-32-19-11-17-26-12-9-10-18-30(26)32/h3-21,29,36,38H,22-23H2,1-2H3. The van der Waals surface area contributed by atoms with Gasteiger partial charge in [0.2, 0.25) is 0 Å². The van der Waals surface area contributed by atoms with Gasteiger partial charge in [0, 0.05) is 28.6 Å². The fraction of sp³-hybridized carbons (Fsp3) is 0.143. The molecule has 0 aliphatic heterocycles. The highest BCUT2D eigenvalue weighted by atomic mass is 16.3. The van der Waals surface area contributed by atoms with Crippen LogP contribution in [0.15, 0.2) is 115 Å². The summed E-state index contributed by atoms with van der Waals surface area (Å²) >= 11 is 0. The minimum absolute atomic E-state index is 0.452. The van der Waals surface area contributed by atoms with Gasteiger partial charge < -0.3 is 15.0 Å². The maximum Gasteiger partial charge on any atom is 0.0891 e. The van der Waals surface area contributed by atoms with Gasteiger partial charge in [-0.15, -0.1) is 0 Å². The van der Waals surface area contributed by atoms with Gasteiger partial charge in [-0.2, -0.15) is 0 Å². The maximum atomic E-state index is 11.4. The zero-order valence-corrected chi connectivity index (χ0v) is 21.9. The van der Waals surface area contributed by atoms with Crippen LogP contribution in [0.4, 0.5) is 5.69 Å². The lowest BCUT2D eigenvalue weighted by atomic mass is 9.97. The van der Waals surface area contributed by atoms with Crippen molar-refractivity contribution >= 4 is 27.4 Å². The molecule has 3 heteroatoms. The fourth-order valence-electron chi connectivity index (χ4n) is 5.74. The summed E-state index contributed by atoms with van der Waals surface area (Å²) in [5, 5.41) is 18.5. The summed E-state index contributed by atoms with van der Waals surface area (Å²) in [4.78, 5) is 0. The lowest BCUT2D eigenvalue weighted by molar-refractivity contribution is 0.169. The van der Waals surface area contributed by atoms with Crippen LogP contribution < -0.4 is 5.32 Å². The normalized spacial score (nSPS) is 12.2. The summed E-state index contributed by atoms with van der Waals surface area (Å²) < 4.78 is 2.33. The summed E-state index contributed by atoms with van der Waals surface area (Å²) in [7, 11) is 0. The van der Waals surface area contributed by atoms with Gasteiger partial charge in [0.15, 0.2) is 0 Å². The number of benzene rings is 5. The van der Waals surface area contributed by atoms with E-state index in [0.29, 0.717) is 13.1 Å². The van der Waals surface area contributed by atoms with Gasteiger partial charge in [-0.25, -0.2) is 0 Å². The van der Waals surface area contributed by atoms with Crippen molar-refractivity contribution in [2.24, 2.45) is 0 Å². The molecule has 0 fully saturated rings. The van der Waals surface area contributed by atoms with E-state index in [9.17, 15) is 5.11 Å². The summed E-state index contributed by atoms with van der Waals surface area (Å²) in [5.41, 5.74) is 9.36. The lowest BCUT2D eigenvalue weighted by Crippen LogP contribution is -2.25. The molecule has 1 unspecified atom stereocenters. The number of aliphatic hydroxyl groups excluding tert-OH is 1. The molecule has 5 aromatic carbocycles. The Morgan fingerprint density at radius 2 is 1.37 bits per heavy atom. The maximum absolute atomic E-state index is 11.4. The number of anilines is 1. The van der Waals surface area contributed by atoms with Crippen LogP contribution >= 0.6 is 0 Å². The summed E-state index contributed by atoms with van der Waals surface area (Å²) in [6.45, 7) is 5.27. The van der Waals surface area contributed by atoms with Crippen LogP contribution in [-0.4, -0.2) is 22.3 Å². The minimum Gasteiger partial charge on any atom is -0.389 e. The third-order valence-corrected chi connectivity index (χ3v) is 7.31. The Labute approximate surface area is 224 Å². The van der Waals surface area contributed by atoms with E-state index in [0.717, 1.165) is 22.3 Å². The molecule has 0 spiro atoms. The van der Waals surface area contributed by atoms with Crippen LogP contribution in [0.2, 0.25) is 0 Å². The summed E-state index contributed by atoms with van der Waals surface area (Å²) in [6.07, 6.45) is -0.587. The first-order chi connectivity index (χ1) is 18.6. The number of aliphatic hydroxyl groups is 1. The summed E-state index contributed by atoms with van der Waals surface area (Å²) in [6, 6.07) is 40.3. The van der Waals surface area contributed by atoms with Crippen LogP contribution in [0, 0.1) is 13.8 Å². The topological polar surface area (TPSA) is 37.2 Å². The average Bonchev–Trinajstić information content (AvgIpc) is 3.26. The molecule has 0 saturated heterocycles. The van der Waals surface area contributed by atoms with Crippen molar-refractivity contribution in [3.63, 3.8) is 0 Å². The number of rotatable bonds is 7. The first kappa shape index (κ1) is 24.0. The quantitative estimate of drug-likeness (QED) is 0.234. The van der Waals surface area contributed by atoms with Crippen LogP contribution in [0.1, 0.15) is 11.1 Å². The molecular weight excluding hydrogens is 464 g/mol. The Hall–Kier alpha value is -4.34. The van der Waals surface area contributed by atoms with E-state index in [2.05, 4.69) is 139 Å². The lowest BCUT2D eigenvalue weighted by Gasteiger charge is -2.19. The van der Waals surface area contributed by atoms with Gasteiger partial charge in [0.05, 0.1) is 23.9 Å². The number of aryl methyl sites for hydroxylation is 2. The van der Waals surface area contributed by atoms with Gasteiger partial charge in [0.25, 0.3) is 0 Å². The molecule has 0 bridgehead atoms. The highest BCUT2D eigenvalue weighted by Crippen LogP contribution is 2.42. The molecule has 6 aromatic rings. The Bertz CT molecular complexity index is 1710. The van der Waals surface area contributed by atoms with E-state index in [1.165, 1.54) is 38.5 Å². The van der Waals surface area contributed by atoms with Gasteiger partial charge in [-0.1, -0.05) is 109 Å². The Kier molecular flexibility index (Phi) is 6.45. The van der Waals surface area contributed by atoms with E-state index < -0.39 is 6.10 Å². The van der Waals surface area contributed by atoms with Gasteiger partial charge in [-0.3, -0.25) is 0 Å². The average molecular weight is 497 g/mol. The second kappa shape index (κ2) is 10.2. The van der Waals surface area contributed by atoms with Crippen molar-refractivity contribution < 1.29 is 5.11 Å². The third kappa shape index (κ3) is 4.46. The molecule has 1 atom stereocenters. The number of nitrogens with one attached hydrogen (secondary N) is 1. The first-order valence-corrected chi connectivity index (χ1v) is 13.2. The first-order valence-electron chi connectivity index (χ1n) is 13.2. The smallest absolute Gasteiger partial charge is 0.0891 e. The molecule has 0 amide bonds. The van der Waals surface area contributed by atoms with Crippen molar-refractivity contribution in [3.05, 3.63) is 126 Å². The molecule has 0 radical (unpaired) electrons. The third-order valence-electron chi connectivity index (χ3n) is 7.31. The number of nitrogens with zero attached hydrogens (tertiary/aromatic N) is 1. The van der Waals surface area contributed by atoms with Crippen molar-refractivity contribution in [1.29, 1.82) is 0 Å². The molecule has 0 aliphatic rings. The zero-order chi connectivity index (χ0) is 26.1. The van der Waals surface area contributed by atoms with Crippen molar-refractivity contribution in [1.82, 2.24) is 4.57 Å². The van der Waals surface area contributed by atoms with Gasteiger partial charge in [0.1, 0.15) is 0 Å². The molecule has 1 heterocycles. The van der Waals surface area contributed by atoms with E-state index in [1.54, 1.807) is 0 Å².